The SMILES string of the molecule is CC1CN(C)CC2(CC2)N1. The molecule has 10 heavy (non-hydrogen) atoms. The van der Waals surface area contributed by atoms with Gasteiger partial charge in [0.2, 0.25) is 0 Å². The highest BCUT2D eigenvalue weighted by atomic mass is 15.2. The maximum Gasteiger partial charge on any atom is 0.0312 e. The predicted molar refractivity (Wildman–Crippen MR) is 42.1 cm³/mol. The lowest BCUT2D eigenvalue weighted by molar-refractivity contribution is 0.187. The maximum atomic E-state index is 3.66. The Morgan fingerprint density at radius 2 is 2.20 bits per heavy atom. The summed E-state index contributed by atoms with van der Waals surface area (Å²) in [5.74, 6) is 0. The van der Waals surface area contributed by atoms with Crippen molar-refractivity contribution >= 4 is 0 Å². The summed E-state index contributed by atoms with van der Waals surface area (Å²) in [5, 5.41) is 3.66. The molecule has 2 fully saturated rings. The van der Waals surface area contributed by atoms with E-state index in [0.717, 1.165) is 0 Å². The molecule has 0 aromatic rings. The molecule has 0 bridgehead atoms. The fourth-order valence-electron chi connectivity index (χ4n) is 2.12. The van der Waals surface area contributed by atoms with Crippen molar-refractivity contribution in [2.24, 2.45) is 0 Å². The number of hydrogen-bond donors (Lipinski definition) is 1. The van der Waals surface area contributed by atoms with Crippen LogP contribution in [0.2, 0.25) is 0 Å². The zero-order valence-corrected chi connectivity index (χ0v) is 6.85. The number of likely N-dealkylation sites (N-methyl/N-ethyl adjacent to an activating group) is 1. The summed E-state index contributed by atoms with van der Waals surface area (Å²) in [6.07, 6.45) is 2.78. The molecule has 2 heteroatoms. The topological polar surface area (TPSA) is 15.3 Å². The Morgan fingerprint density at radius 1 is 1.50 bits per heavy atom. The molecule has 2 aliphatic rings. The minimum Gasteiger partial charge on any atom is -0.306 e. The third kappa shape index (κ3) is 1.06. The molecule has 1 heterocycles. The first-order chi connectivity index (χ1) is 4.70. The lowest BCUT2D eigenvalue weighted by Gasteiger charge is -2.35. The van der Waals surface area contributed by atoms with Crippen LogP contribution < -0.4 is 5.32 Å². The smallest absolute Gasteiger partial charge is 0.0312 e. The van der Waals surface area contributed by atoms with E-state index in [9.17, 15) is 0 Å². The number of piperazine rings is 1. The molecule has 1 N–H and O–H groups in total. The van der Waals surface area contributed by atoms with Crippen LogP contribution in [0.5, 0.6) is 0 Å². The first-order valence-electron chi connectivity index (χ1n) is 4.16. The Morgan fingerprint density at radius 3 is 2.70 bits per heavy atom. The van der Waals surface area contributed by atoms with Crippen LogP contribution in [0.15, 0.2) is 0 Å². The van der Waals surface area contributed by atoms with E-state index in [1.165, 1.54) is 25.9 Å². The van der Waals surface area contributed by atoms with Crippen molar-refractivity contribution in [1.29, 1.82) is 0 Å². The Labute approximate surface area is 62.6 Å². The fraction of sp³-hybridized carbons (Fsp3) is 1.00. The standard InChI is InChI=1S/C8H16N2/c1-7-5-10(2)6-8(9-7)3-4-8/h7,9H,3-6H2,1-2H3. The van der Waals surface area contributed by atoms with Crippen LogP contribution in [-0.4, -0.2) is 36.6 Å². The van der Waals surface area contributed by atoms with Crippen molar-refractivity contribution in [3.05, 3.63) is 0 Å². The lowest BCUT2D eigenvalue weighted by Crippen LogP contribution is -2.55. The second-order valence-electron chi connectivity index (χ2n) is 4.02. The van der Waals surface area contributed by atoms with Gasteiger partial charge in [-0.1, -0.05) is 0 Å². The highest BCUT2D eigenvalue weighted by Gasteiger charge is 2.46. The Balaban J connectivity index is 2.00. The second kappa shape index (κ2) is 1.95. The number of nitrogens with one attached hydrogen (secondary N) is 1. The highest BCUT2D eigenvalue weighted by Crippen LogP contribution is 2.38. The van der Waals surface area contributed by atoms with Crippen molar-refractivity contribution in [3.63, 3.8) is 0 Å². The molecule has 1 saturated carbocycles. The van der Waals surface area contributed by atoms with Crippen LogP contribution in [0.25, 0.3) is 0 Å². The van der Waals surface area contributed by atoms with E-state index in [0.29, 0.717) is 11.6 Å². The van der Waals surface area contributed by atoms with Gasteiger partial charge < -0.3 is 10.2 Å². The van der Waals surface area contributed by atoms with Crippen molar-refractivity contribution in [2.75, 3.05) is 20.1 Å². The maximum absolute atomic E-state index is 3.66. The quantitative estimate of drug-likeness (QED) is 0.525. The number of rotatable bonds is 0. The average molecular weight is 140 g/mol. The number of hydrogen-bond acceptors (Lipinski definition) is 2. The molecule has 0 amide bonds. The van der Waals surface area contributed by atoms with E-state index in [-0.39, 0.29) is 0 Å². The molecular weight excluding hydrogens is 124 g/mol. The molecule has 1 aliphatic heterocycles. The molecule has 1 saturated heterocycles. The summed E-state index contributed by atoms with van der Waals surface area (Å²) >= 11 is 0. The van der Waals surface area contributed by atoms with Gasteiger partial charge in [0.05, 0.1) is 0 Å². The van der Waals surface area contributed by atoms with Crippen molar-refractivity contribution in [3.8, 4) is 0 Å². The molecule has 58 valence electrons. The van der Waals surface area contributed by atoms with Crippen LogP contribution in [0.1, 0.15) is 19.8 Å². The Hall–Kier alpha value is -0.0800. The second-order valence-corrected chi connectivity index (χ2v) is 4.02. The summed E-state index contributed by atoms with van der Waals surface area (Å²) in [6, 6.07) is 0.696. The van der Waals surface area contributed by atoms with Gasteiger partial charge in [0.1, 0.15) is 0 Å². The van der Waals surface area contributed by atoms with Crippen LogP contribution in [0, 0.1) is 0 Å². The third-order valence-corrected chi connectivity index (χ3v) is 2.56. The van der Waals surface area contributed by atoms with Crippen molar-refractivity contribution in [1.82, 2.24) is 10.2 Å². The van der Waals surface area contributed by atoms with Crippen LogP contribution >= 0.6 is 0 Å². The largest absolute Gasteiger partial charge is 0.306 e. The van der Waals surface area contributed by atoms with E-state index in [2.05, 4.69) is 24.2 Å². The minimum atomic E-state index is 0.548. The summed E-state index contributed by atoms with van der Waals surface area (Å²) in [7, 11) is 2.22. The van der Waals surface area contributed by atoms with Gasteiger partial charge in [0.15, 0.2) is 0 Å². The molecular formula is C8H16N2. The van der Waals surface area contributed by atoms with Crippen LogP contribution in [0.4, 0.5) is 0 Å². The third-order valence-electron chi connectivity index (χ3n) is 2.56. The van der Waals surface area contributed by atoms with Crippen molar-refractivity contribution in [2.45, 2.75) is 31.3 Å². The Kier molecular flexibility index (Phi) is 1.29. The van der Waals surface area contributed by atoms with Gasteiger partial charge in [-0.05, 0) is 26.8 Å². The Bertz CT molecular complexity index is 128. The van der Waals surface area contributed by atoms with E-state index in [1.807, 2.05) is 0 Å². The zero-order valence-electron chi connectivity index (χ0n) is 6.85. The molecule has 0 aromatic carbocycles. The number of nitrogens with zero attached hydrogens (tertiary/aromatic N) is 1. The van der Waals surface area contributed by atoms with E-state index < -0.39 is 0 Å². The first-order valence-corrected chi connectivity index (χ1v) is 4.16. The molecule has 2 rings (SSSR count). The molecule has 0 radical (unpaired) electrons. The fourth-order valence-corrected chi connectivity index (χ4v) is 2.12. The van der Waals surface area contributed by atoms with E-state index >= 15 is 0 Å². The predicted octanol–water partition coefficient (Wildman–Crippen LogP) is 0.442. The van der Waals surface area contributed by atoms with Gasteiger partial charge in [-0.25, -0.2) is 0 Å². The summed E-state index contributed by atoms with van der Waals surface area (Å²) < 4.78 is 0. The van der Waals surface area contributed by atoms with Gasteiger partial charge in [-0.3, -0.25) is 0 Å². The molecule has 1 atom stereocenters. The van der Waals surface area contributed by atoms with Crippen LogP contribution in [-0.2, 0) is 0 Å². The molecule has 1 spiro atoms. The first kappa shape index (κ1) is 6.62. The average Bonchev–Trinajstić information content (AvgIpc) is 2.44. The van der Waals surface area contributed by atoms with Crippen LogP contribution in [0.3, 0.4) is 0 Å². The lowest BCUT2D eigenvalue weighted by atomic mass is 10.1. The van der Waals surface area contributed by atoms with Gasteiger partial charge >= 0.3 is 0 Å². The van der Waals surface area contributed by atoms with Gasteiger partial charge in [-0.2, -0.15) is 0 Å². The van der Waals surface area contributed by atoms with Crippen molar-refractivity contribution < 1.29 is 0 Å². The van der Waals surface area contributed by atoms with Gasteiger partial charge in [0, 0.05) is 24.7 Å². The van der Waals surface area contributed by atoms with Gasteiger partial charge in [-0.15, -0.1) is 0 Å². The molecule has 0 aromatic heterocycles. The van der Waals surface area contributed by atoms with Gasteiger partial charge in [0.25, 0.3) is 0 Å². The highest BCUT2D eigenvalue weighted by molar-refractivity contribution is 5.07. The molecule has 1 unspecified atom stereocenters. The monoisotopic (exact) mass is 140 g/mol. The zero-order chi connectivity index (χ0) is 7.19. The molecule has 1 aliphatic carbocycles. The normalized spacial score (nSPS) is 38.4. The molecule has 2 nitrogen and oxygen atoms in total. The summed E-state index contributed by atoms with van der Waals surface area (Å²) in [6.45, 7) is 4.74. The summed E-state index contributed by atoms with van der Waals surface area (Å²) in [4.78, 5) is 2.44. The van der Waals surface area contributed by atoms with E-state index in [4.69, 9.17) is 0 Å². The minimum absolute atomic E-state index is 0.548. The summed E-state index contributed by atoms with van der Waals surface area (Å²) in [5.41, 5.74) is 0.548. The van der Waals surface area contributed by atoms with E-state index in [1.54, 1.807) is 0 Å².